The fourth-order valence-electron chi connectivity index (χ4n) is 3.48. The monoisotopic (exact) mass is 389 g/mol. The highest BCUT2D eigenvalue weighted by Gasteiger charge is 2.17. The number of amides is 1. The van der Waals surface area contributed by atoms with Gasteiger partial charge in [0.15, 0.2) is 4.77 Å². The minimum atomic E-state index is -0.497. The van der Waals surface area contributed by atoms with Crippen LogP contribution in [0.4, 0.5) is 0 Å². The fraction of sp³-hybridized carbons (Fsp3) is 0.474. The Hall–Kier alpha value is -2.48. The van der Waals surface area contributed by atoms with Gasteiger partial charge in [0.2, 0.25) is 5.91 Å². The van der Waals surface area contributed by atoms with Crippen molar-refractivity contribution in [1.82, 2.24) is 14.9 Å². The minimum Gasteiger partial charge on any atom is -0.465 e. The van der Waals surface area contributed by atoms with E-state index in [0.717, 1.165) is 25.7 Å². The molecular weight excluding hydrogens is 366 g/mol. The molecule has 1 saturated carbocycles. The molecule has 0 unspecified atom stereocenters. The average Bonchev–Trinajstić information content (AvgIpc) is 2.92. The molecule has 1 fully saturated rings. The van der Waals surface area contributed by atoms with Gasteiger partial charge in [0, 0.05) is 6.04 Å². The average molecular weight is 389 g/mol. The minimum absolute atomic E-state index is 0.126. The number of nitrogens with zero attached hydrogens (tertiary/aromatic N) is 1. The molecule has 0 saturated heterocycles. The van der Waals surface area contributed by atoms with Crippen LogP contribution in [0.3, 0.4) is 0 Å². The zero-order chi connectivity index (χ0) is 19.4. The molecule has 27 heavy (non-hydrogen) atoms. The first kappa shape index (κ1) is 19.3. The summed E-state index contributed by atoms with van der Waals surface area (Å²) in [6.07, 6.45) is 6.58. The van der Waals surface area contributed by atoms with Crippen LogP contribution in [0.2, 0.25) is 0 Å². The first-order chi connectivity index (χ1) is 13.0. The molecule has 1 aromatic heterocycles. The first-order valence-electron chi connectivity index (χ1n) is 9.14. The number of fused-ring (bicyclic) bond motifs is 1. The predicted octanol–water partition coefficient (Wildman–Crippen LogP) is 2.68. The van der Waals surface area contributed by atoms with Crippen molar-refractivity contribution < 1.29 is 14.3 Å². The molecule has 1 aromatic carbocycles. The van der Waals surface area contributed by atoms with Gasteiger partial charge < -0.3 is 15.0 Å². The molecule has 1 aliphatic rings. The normalized spacial score (nSPS) is 15.3. The molecular formula is C19H23N3O4S. The Labute approximate surface area is 161 Å². The second-order valence-corrected chi connectivity index (χ2v) is 7.22. The Morgan fingerprint density at radius 2 is 1.96 bits per heavy atom. The maximum absolute atomic E-state index is 12.8. The van der Waals surface area contributed by atoms with Gasteiger partial charge >= 0.3 is 5.97 Å². The highest BCUT2D eigenvalue weighted by atomic mass is 32.1. The lowest BCUT2D eigenvalue weighted by molar-refractivity contribution is -0.122. The lowest BCUT2D eigenvalue weighted by Crippen LogP contribution is -2.39. The lowest BCUT2D eigenvalue weighted by Gasteiger charge is -2.17. The number of carbonyl (C=O) groups excluding carboxylic acids is 2. The molecule has 8 heteroatoms. The molecule has 0 atom stereocenters. The van der Waals surface area contributed by atoms with E-state index in [2.05, 4.69) is 15.0 Å². The third-order valence-corrected chi connectivity index (χ3v) is 5.25. The van der Waals surface area contributed by atoms with Gasteiger partial charge in [-0.15, -0.1) is 0 Å². The SMILES string of the molecule is COC(=O)c1ccc2c(=O)n(CC(=O)NC3CCCCCC3)c(=S)[nH]c2c1. The van der Waals surface area contributed by atoms with Crippen molar-refractivity contribution in [3.8, 4) is 0 Å². The molecule has 0 radical (unpaired) electrons. The van der Waals surface area contributed by atoms with E-state index in [9.17, 15) is 14.4 Å². The van der Waals surface area contributed by atoms with Crippen molar-refractivity contribution in [2.75, 3.05) is 7.11 Å². The third kappa shape index (κ3) is 4.44. The molecule has 0 spiro atoms. The van der Waals surface area contributed by atoms with Gasteiger partial charge in [-0.3, -0.25) is 14.2 Å². The number of carbonyl (C=O) groups is 2. The number of H-pyrrole nitrogens is 1. The van der Waals surface area contributed by atoms with Crippen LogP contribution in [0.15, 0.2) is 23.0 Å². The molecule has 1 amide bonds. The van der Waals surface area contributed by atoms with Crippen molar-refractivity contribution in [3.05, 3.63) is 38.9 Å². The maximum Gasteiger partial charge on any atom is 0.337 e. The van der Waals surface area contributed by atoms with E-state index in [1.165, 1.54) is 42.7 Å². The first-order valence-corrected chi connectivity index (χ1v) is 9.55. The summed E-state index contributed by atoms with van der Waals surface area (Å²) < 4.78 is 6.08. The quantitative estimate of drug-likeness (QED) is 0.476. The van der Waals surface area contributed by atoms with Gasteiger partial charge in [0.1, 0.15) is 6.54 Å². The number of ether oxygens (including phenoxy) is 1. The van der Waals surface area contributed by atoms with Crippen LogP contribution in [0, 0.1) is 4.77 Å². The van der Waals surface area contributed by atoms with Crippen molar-refractivity contribution >= 4 is 35.0 Å². The van der Waals surface area contributed by atoms with Crippen molar-refractivity contribution in [3.63, 3.8) is 0 Å². The van der Waals surface area contributed by atoms with Gasteiger partial charge in [0.05, 0.1) is 23.6 Å². The summed E-state index contributed by atoms with van der Waals surface area (Å²) in [5.74, 6) is -0.711. The molecule has 0 bridgehead atoms. The number of nitrogens with one attached hydrogen (secondary N) is 2. The van der Waals surface area contributed by atoms with Gasteiger partial charge in [-0.05, 0) is 43.3 Å². The van der Waals surface area contributed by atoms with Crippen molar-refractivity contribution in [2.45, 2.75) is 51.1 Å². The predicted molar refractivity (Wildman–Crippen MR) is 104 cm³/mol. The second kappa shape index (κ2) is 8.47. The second-order valence-electron chi connectivity index (χ2n) is 6.83. The number of hydrogen-bond donors (Lipinski definition) is 2. The van der Waals surface area contributed by atoms with Gasteiger partial charge in [-0.25, -0.2) is 4.79 Å². The summed E-state index contributed by atoms with van der Waals surface area (Å²) >= 11 is 5.26. The van der Waals surface area contributed by atoms with Crippen LogP contribution in [0.5, 0.6) is 0 Å². The van der Waals surface area contributed by atoms with Crippen molar-refractivity contribution in [1.29, 1.82) is 0 Å². The fourth-order valence-corrected chi connectivity index (χ4v) is 3.74. The molecule has 2 aromatic rings. The molecule has 3 rings (SSSR count). The van der Waals surface area contributed by atoms with Crippen LogP contribution in [-0.4, -0.2) is 34.6 Å². The number of rotatable bonds is 4. The summed E-state index contributed by atoms with van der Waals surface area (Å²) in [6.45, 7) is -0.126. The van der Waals surface area contributed by atoms with E-state index < -0.39 is 5.97 Å². The van der Waals surface area contributed by atoms with E-state index in [4.69, 9.17) is 12.2 Å². The standard InChI is InChI=1S/C19H23N3O4S/c1-26-18(25)12-8-9-14-15(10-12)21-19(27)22(17(14)24)11-16(23)20-13-6-4-2-3-5-7-13/h8-10,13H,2-7,11H2,1H3,(H,20,23)(H,21,27). The summed E-state index contributed by atoms with van der Waals surface area (Å²) in [7, 11) is 1.29. The lowest BCUT2D eigenvalue weighted by atomic mass is 10.1. The van der Waals surface area contributed by atoms with E-state index in [1.807, 2.05) is 0 Å². The number of benzene rings is 1. The van der Waals surface area contributed by atoms with Crippen LogP contribution in [0.25, 0.3) is 10.9 Å². The van der Waals surface area contributed by atoms with Gasteiger partial charge in [0.25, 0.3) is 5.56 Å². The molecule has 2 N–H and O–H groups in total. The molecule has 7 nitrogen and oxygen atoms in total. The highest BCUT2D eigenvalue weighted by molar-refractivity contribution is 7.71. The molecule has 144 valence electrons. The molecule has 1 aliphatic carbocycles. The van der Waals surface area contributed by atoms with Crippen LogP contribution < -0.4 is 10.9 Å². The maximum atomic E-state index is 12.8. The van der Waals surface area contributed by atoms with E-state index in [1.54, 1.807) is 0 Å². The number of aromatic amines is 1. The van der Waals surface area contributed by atoms with Crippen LogP contribution >= 0.6 is 12.2 Å². The molecule has 1 heterocycles. The van der Waals surface area contributed by atoms with E-state index in [-0.39, 0.29) is 28.8 Å². The van der Waals surface area contributed by atoms with Crippen LogP contribution in [0.1, 0.15) is 48.9 Å². The van der Waals surface area contributed by atoms with Gasteiger partial charge in [-0.2, -0.15) is 0 Å². The van der Waals surface area contributed by atoms with E-state index in [0.29, 0.717) is 16.5 Å². The zero-order valence-corrected chi connectivity index (χ0v) is 16.1. The largest absolute Gasteiger partial charge is 0.465 e. The Kier molecular flexibility index (Phi) is 6.05. The number of aromatic nitrogens is 2. The number of methoxy groups -OCH3 is 1. The smallest absolute Gasteiger partial charge is 0.337 e. The summed E-state index contributed by atoms with van der Waals surface area (Å²) in [6, 6.07) is 4.74. The Bertz CT molecular complexity index is 971. The zero-order valence-electron chi connectivity index (χ0n) is 15.2. The Morgan fingerprint density at radius 3 is 2.63 bits per heavy atom. The Morgan fingerprint density at radius 1 is 1.26 bits per heavy atom. The topological polar surface area (TPSA) is 93.2 Å². The number of hydrogen-bond acceptors (Lipinski definition) is 5. The summed E-state index contributed by atoms with van der Waals surface area (Å²) in [5, 5.41) is 3.38. The highest BCUT2D eigenvalue weighted by Crippen LogP contribution is 2.17. The third-order valence-electron chi connectivity index (χ3n) is 4.92. The Balaban J connectivity index is 1.84. The van der Waals surface area contributed by atoms with Crippen molar-refractivity contribution in [2.24, 2.45) is 0 Å². The number of esters is 1. The van der Waals surface area contributed by atoms with E-state index >= 15 is 0 Å². The van der Waals surface area contributed by atoms with Gasteiger partial charge in [-0.1, -0.05) is 25.7 Å². The molecule has 0 aliphatic heterocycles. The summed E-state index contributed by atoms with van der Waals surface area (Å²) in [5.41, 5.74) is 0.397. The summed E-state index contributed by atoms with van der Waals surface area (Å²) in [4.78, 5) is 39.8. The van der Waals surface area contributed by atoms with Crippen LogP contribution in [-0.2, 0) is 16.1 Å².